The molecule has 4 rings (SSSR count). The van der Waals surface area contributed by atoms with Gasteiger partial charge < -0.3 is 9.80 Å². The second-order valence-electron chi connectivity index (χ2n) is 7.77. The van der Waals surface area contributed by atoms with Gasteiger partial charge in [-0.1, -0.05) is 77.3 Å². The molecular formula is C25H23Cl3N2O. The molecule has 3 nitrogen and oxygen atoms in total. The van der Waals surface area contributed by atoms with Crippen LogP contribution in [-0.4, -0.2) is 30.4 Å². The zero-order valence-electron chi connectivity index (χ0n) is 17.1. The Kier molecular flexibility index (Phi) is 6.76. The van der Waals surface area contributed by atoms with Crippen LogP contribution in [0.5, 0.6) is 0 Å². The van der Waals surface area contributed by atoms with Crippen molar-refractivity contribution in [2.24, 2.45) is 0 Å². The summed E-state index contributed by atoms with van der Waals surface area (Å²) in [4.78, 5) is 17.5. The second kappa shape index (κ2) is 9.52. The molecule has 1 saturated heterocycles. The van der Waals surface area contributed by atoms with Gasteiger partial charge in [0.2, 0.25) is 5.91 Å². The van der Waals surface area contributed by atoms with Crippen LogP contribution in [0.15, 0.2) is 72.8 Å². The van der Waals surface area contributed by atoms with E-state index in [4.69, 9.17) is 34.8 Å². The first-order valence-corrected chi connectivity index (χ1v) is 11.4. The van der Waals surface area contributed by atoms with Gasteiger partial charge in [0.1, 0.15) is 0 Å². The molecule has 1 fully saturated rings. The number of rotatable bonds is 4. The van der Waals surface area contributed by atoms with E-state index >= 15 is 0 Å². The summed E-state index contributed by atoms with van der Waals surface area (Å²) < 4.78 is 0. The van der Waals surface area contributed by atoms with Crippen molar-refractivity contribution in [1.29, 1.82) is 0 Å². The van der Waals surface area contributed by atoms with Crippen molar-refractivity contribution < 1.29 is 4.79 Å². The molecule has 0 N–H and O–H groups in total. The van der Waals surface area contributed by atoms with Gasteiger partial charge in [0.05, 0.1) is 22.7 Å². The fourth-order valence-electron chi connectivity index (χ4n) is 4.11. The quantitative estimate of drug-likeness (QED) is 0.414. The fourth-order valence-corrected chi connectivity index (χ4v) is 4.76. The summed E-state index contributed by atoms with van der Waals surface area (Å²) in [6, 6.07) is 23.2. The van der Waals surface area contributed by atoms with Gasteiger partial charge in [-0.2, -0.15) is 0 Å². The van der Waals surface area contributed by atoms with Crippen molar-refractivity contribution in [1.82, 2.24) is 4.90 Å². The molecule has 3 aromatic carbocycles. The van der Waals surface area contributed by atoms with Gasteiger partial charge >= 0.3 is 0 Å². The number of carbonyl (C=O) groups is 1. The number of hydrogen-bond acceptors (Lipinski definition) is 2. The molecule has 1 heterocycles. The van der Waals surface area contributed by atoms with Gasteiger partial charge in [-0.15, -0.1) is 0 Å². The van der Waals surface area contributed by atoms with E-state index < -0.39 is 0 Å². The van der Waals surface area contributed by atoms with E-state index in [9.17, 15) is 4.79 Å². The van der Waals surface area contributed by atoms with Crippen LogP contribution in [0.25, 0.3) is 0 Å². The number of amides is 1. The monoisotopic (exact) mass is 472 g/mol. The van der Waals surface area contributed by atoms with Crippen LogP contribution in [0.2, 0.25) is 15.1 Å². The lowest BCUT2D eigenvalue weighted by atomic mass is 9.97. The molecule has 0 aliphatic carbocycles. The number of anilines is 1. The van der Waals surface area contributed by atoms with Crippen LogP contribution in [-0.2, 0) is 4.79 Å². The minimum absolute atomic E-state index is 0.0448. The third-order valence-electron chi connectivity index (χ3n) is 5.84. The molecule has 0 aromatic heterocycles. The van der Waals surface area contributed by atoms with Gasteiger partial charge in [-0.05, 0) is 48.4 Å². The molecule has 31 heavy (non-hydrogen) atoms. The Bertz CT molecular complexity index is 1060. The zero-order chi connectivity index (χ0) is 22.0. The number of benzene rings is 3. The molecule has 3 aromatic rings. The molecule has 1 aliphatic rings. The first-order chi connectivity index (χ1) is 14.9. The molecular weight excluding hydrogens is 451 g/mol. The minimum atomic E-state index is -0.197. The van der Waals surface area contributed by atoms with Gasteiger partial charge in [0.25, 0.3) is 0 Å². The van der Waals surface area contributed by atoms with Crippen LogP contribution in [0, 0.1) is 0 Å². The van der Waals surface area contributed by atoms with E-state index in [2.05, 4.69) is 4.90 Å². The first kappa shape index (κ1) is 22.0. The summed E-state index contributed by atoms with van der Waals surface area (Å²) in [6.07, 6.45) is 0. The lowest BCUT2D eigenvalue weighted by molar-refractivity contribution is -0.133. The predicted octanol–water partition coefficient (Wildman–Crippen LogP) is 6.84. The third kappa shape index (κ3) is 4.85. The van der Waals surface area contributed by atoms with Crippen molar-refractivity contribution in [3.8, 4) is 0 Å². The van der Waals surface area contributed by atoms with Crippen molar-refractivity contribution in [2.75, 3.05) is 24.5 Å². The Hall–Kier alpha value is -2.20. The van der Waals surface area contributed by atoms with Crippen LogP contribution in [0.1, 0.15) is 30.0 Å². The molecule has 0 radical (unpaired) electrons. The molecule has 1 aliphatic heterocycles. The average Bonchev–Trinajstić information content (AvgIpc) is 2.79. The predicted molar refractivity (Wildman–Crippen MR) is 129 cm³/mol. The van der Waals surface area contributed by atoms with Gasteiger partial charge in [-0.25, -0.2) is 0 Å². The Labute approximate surface area is 198 Å². The number of carbonyl (C=O) groups excluding carboxylic acids is 1. The maximum absolute atomic E-state index is 13.3. The molecule has 1 amide bonds. The topological polar surface area (TPSA) is 23.6 Å². The summed E-state index contributed by atoms with van der Waals surface area (Å²) >= 11 is 18.8. The van der Waals surface area contributed by atoms with Crippen LogP contribution in [0.4, 0.5) is 5.69 Å². The van der Waals surface area contributed by atoms with E-state index in [1.54, 1.807) is 6.07 Å². The number of nitrogens with zero attached hydrogens (tertiary/aromatic N) is 2. The van der Waals surface area contributed by atoms with Crippen LogP contribution in [0.3, 0.4) is 0 Å². The molecule has 160 valence electrons. The highest BCUT2D eigenvalue weighted by Crippen LogP contribution is 2.37. The van der Waals surface area contributed by atoms with E-state index in [0.29, 0.717) is 34.7 Å². The molecule has 0 bridgehead atoms. The van der Waals surface area contributed by atoms with Crippen molar-refractivity contribution in [2.45, 2.75) is 18.9 Å². The standard InChI is InChI=1S/C25H23Cl3N2O/c1-17(18-5-3-2-4-6-18)25(31)29-13-14-30(23-12-11-21(27)15-22(23)28)24(16-29)19-7-9-20(26)10-8-19/h2-12,15,17,24H,13-14,16H2,1H3/t17-,24-/m0/s1. The maximum Gasteiger partial charge on any atom is 0.229 e. The van der Waals surface area contributed by atoms with Crippen molar-refractivity contribution in [3.63, 3.8) is 0 Å². The highest BCUT2D eigenvalue weighted by atomic mass is 35.5. The van der Waals surface area contributed by atoms with E-state index in [-0.39, 0.29) is 17.9 Å². The van der Waals surface area contributed by atoms with Crippen molar-refractivity contribution in [3.05, 3.63) is 99.0 Å². The number of hydrogen-bond donors (Lipinski definition) is 0. The Morgan fingerprint density at radius 1 is 0.903 bits per heavy atom. The van der Waals surface area contributed by atoms with E-state index in [1.165, 1.54) is 0 Å². The number of piperazine rings is 1. The largest absolute Gasteiger partial charge is 0.360 e. The van der Waals surface area contributed by atoms with E-state index in [1.807, 2.05) is 78.6 Å². The summed E-state index contributed by atoms with van der Waals surface area (Å²) in [6.45, 7) is 3.83. The van der Waals surface area contributed by atoms with Crippen LogP contribution < -0.4 is 4.90 Å². The Morgan fingerprint density at radius 3 is 2.26 bits per heavy atom. The number of halogens is 3. The van der Waals surface area contributed by atoms with Gasteiger partial charge in [0, 0.05) is 29.7 Å². The summed E-state index contributed by atoms with van der Waals surface area (Å²) in [5.41, 5.74) is 3.02. The average molecular weight is 474 g/mol. The maximum atomic E-state index is 13.3. The molecule has 2 atom stereocenters. The van der Waals surface area contributed by atoms with Crippen LogP contribution >= 0.6 is 34.8 Å². The van der Waals surface area contributed by atoms with E-state index in [0.717, 1.165) is 16.8 Å². The second-order valence-corrected chi connectivity index (χ2v) is 9.05. The SMILES string of the molecule is C[C@H](C(=O)N1CCN(c2ccc(Cl)cc2Cl)[C@H](c2ccc(Cl)cc2)C1)c1ccccc1. The summed E-state index contributed by atoms with van der Waals surface area (Å²) in [5.74, 6) is -0.0650. The highest BCUT2D eigenvalue weighted by Gasteiger charge is 2.33. The third-order valence-corrected chi connectivity index (χ3v) is 6.63. The Balaban J connectivity index is 1.64. The normalized spacial score (nSPS) is 17.5. The van der Waals surface area contributed by atoms with Gasteiger partial charge in [-0.3, -0.25) is 4.79 Å². The first-order valence-electron chi connectivity index (χ1n) is 10.2. The zero-order valence-corrected chi connectivity index (χ0v) is 19.4. The fraction of sp³-hybridized carbons (Fsp3) is 0.240. The molecule has 0 saturated carbocycles. The van der Waals surface area contributed by atoms with Crippen molar-refractivity contribution >= 4 is 46.4 Å². The smallest absolute Gasteiger partial charge is 0.229 e. The highest BCUT2D eigenvalue weighted by molar-refractivity contribution is 6.36. The Morgan fingerprint density at radius 2 is 1.58 bits per heavy atom. The lowest BCUT2D eigenvalue weighted by Gasteiger charge is -2.44. The molecule has 0 spiro atoms. The lowest BCUT2D eigenvalue weighted by Crippen LogP contribution is -2.51. The summed E-state index contributed by atoms with van der Waals surface area (Å²) in [7, 11) is 0. The summed E-state index contributed by atoms with van der Waals surface area (Å²) in [5, 5.41) is 1.88. The molecule has 0 unspecified atom stereocenters. The molecule has 6 heteroatoms. The minimum Gasteiger partial charge on any atom is -0.360 e. The van der Waals surface area contributed by atoms with Gasteiger partial charge in [0.15, 0.2) is 0 Å².